The van der Waals surface area contributed by atoms with E-state index in [4.69, 9.17) is 0 Å². The molecule has 9 aromatic carbocycles. The van der Waals surface area contributed by atoms with Crippen LogP contribution >= 0.6 is 0 Å². The lowest BCUT2D eigenvalue weighted by Crippen LogP contribution is -2.59. The second-order valence-corrected chi connectivity index (χ2v) is 23.6. The van der Waals surface area contributed by atoms with Crippen molar-refractivity contribution in [2.75, 3.05) is 0 Å². The summed E-state index contributed by atoms with van der Waals surface area (Å²) >= 11 is 0. The van der Waals surface area contributed by atoms with Gasteiger partial charge in [-0.15, -0.1) is 0 Å². The van der Waals surface area contributed by atoms with Crippen LogP contribution in [0.1, 0.15) is 87.0 Å². The molecule has 70 heavy (non-hydrogen) atoms. The van der Waals surface area contributed by atoms with Crippen molar-refractivity contribution in [1.29, 1.82) is 0 Å². The normalized spacial score (nSPS) is 14.4. The molecule has 0 amide bonds. The van der Waals surface area contributed by atoms with E-state index in [1.165, 1.54) is 165 Å². The Labute approximate surface area is 409 Å². The Morgan fingerprint density at radius 3 is 1.71 bits per heavy atom. The van der Waals surface area contributed by atoms with Gasteiger partial charge in [-0.2, -0.15) is 0 Å². The van der Waals surface area contributed by atoms with Crippen LogP contribution in [0.15, 0.2) is 133 Å². The zero-order valence-corrected chi connectivity index (χ0v) is 42.0. The van der Waals surface area contributed by atoms with E-state index in [1.54, 1.807) is 0 Å². The summed E-state index contributed by atoms with van der Waals surface area (Å²) in [5.41, 5.74) is 25.7. The SMILES string of the molecule is Cc1ccc2c(c1)c1cc(C)cc3c1n2-c1cc2c4ccc(-n5c6c(c7cc(C(C)(C)C)ccc75)C=C(C(C)(C)C)CC6)cc4c4ccccc4c2c2c1B3c1cc(C)cc3c4cc(C)ccc4n-2c13. The number of hydrogen-bond acceptors (Lipinski definition) is 0. The number of rotatable bonds is 1. The molecule has 0 radical (unpaired) electrons. The minimum absolute atomic E-state index is 0.0488. The van der Waals surface area contributed by atoms with Crippen LogP contribution in [0.5, 0.6) is 0 Å². The van der Waals surface area contributed by atoms with E-state index in [-0.39, 0.29) is 17.5 Å². The Morgan fingerprint density at radius 1 is 0.443 bits per heavy atom. The van der Waals surface area contributed by atoms with Crippen molar-refractivity contribution in [3.05, 3.63) is 172 Å². The second-order valence-electron chi connectivity index (χ2n) is 23.6. The smallest absolute Gasteiger partial charge is 0.252 e. The van der Waals surface area contributed by atoms with Gasteiger partial charge in [0.15, 0.2) is 0 Å². The van der Waals surface area contributed by atoms with E-state index in [1.807, 2.05) is 0 Å². The zero-order chi connectivity index (χ0) is 47.6. The van der Waals surface area contributed by atoms with E-state index in [0.29, 0.717) is 0 Å². The predicted molar refractivity (Wildman–Crippen MR) is 303 cm³/mol. The summed E-state index contributed by atoms with van der Waals surface area (Å²) in [5, 5.41) is 14.5. The van der Waals surface area contributed by atoms with Crippen LogP contribution in [-0.4, -0.2) is 20.4 Å². The maximum absolute atomic E-state index is 2.69. The lowest BCUT2D eigenvalue weighted by Gasteiger charge is -2.35. The summed E-state index contributed by atoms with van der Waals surface area (Å²) in [6.45, 7) is 23.3. The molecule has 1 aliphatic carbocycles. The molecule has 0 atom stereocenters. The van der Waals surface area contributed by atoms with E-state index in [2.05, 4.69) is 216 Å². The van der Waals surface area contributed by atoms with E-state index in [9.17, 15) is 0 Å². The van der Waals surface area contributed by atoms with Crippen LogP contribution in [0.2, 0.25) is 0 Å². The van der Waals surface area contributed by atoms with Gasteiger partial charge in [-0.3, -0.25) is 0 Å². The van der Waals surface area contributed by atoms with Crippen LogP contribution in [0.4, 0.5) is 0 Å². The van der Waals surface area contributed by atoms with Crippen LogP contribution < -0.4 is 16.4 Å². The number of fused-ring (bicyclic) bond motifs is 20. The van der Waals surface area contributed by atoms with E-state index in [0.717, 1.165) is 12.8 Å². The van der Waals surface area contributed by atoms with Crippen LogP contribution in [0.3, 0.4) is 0 Å². The van der Waals surface area contributed by atoms with Crippen molar-refractivity contribution >= 4 is 116 Å². The maximum Gasteiger partial charge on any atom is 0.252 e. The molecule has 338 valence electrons. The van der Waals surface area contributed by atoms with E-state index < -0.39 is 0 Å². The topological polar surface area (TPSA) is 14.8 Å². The minimum Gasteiger partial charge on any atom is -0.313 e. The summed E-state index contributed by atoms with van der Waals surface area (Å²) in [7, 11) is 0. The van der Waals surface area contributed by atoms with Crippen LogP contribution in [0, 0.1) is 33.1 Å². The van der Waals surface area contributed by atoms with Gasteiger partial charge in [0.05, 0.1) is 22.2 Å². The third kappa shape index (κ3) is 5.16. The van der Waals surface area contributed by atoms with Gasteiger partial charge in [-0.05, 0) is 167 Å². The van der Waals surface area contributed by atoms with Crippen LogP contribution in [-0.2, 0) is 11.8 Å². The number of nitrogens with zero attached hydrogens (tertiary/aromatic N) is 3. The maximum atomic E-state index is 2.69. The van der Waals surface area contributed by atoms with Gasteiger partial charge in [0.1, 0.15) is 0 Å². The molecule has 3 nitrogen and oxygen atoms in total. The van der Waals surface area contributed by atoms with Crippen molar-refractivity contribution in [3.8, 4) is 17.1 Å². The number of hydrogen-bond donors (Lipinski definition) is 0. The first kappa shape index (κ1) is 40.6. The lowest BCUT2D eigenvalue weighted by atomic mass is 9.34. The fourth-order valence-electron chi connectivity index (χ4n) is 13.8. The van der Waals surface area contributed by atoms with Gasteiger partial charge in [-0.25, -0.2) is 0 Å². The van der Waals surface area contributed by atoms with Crippen molar-refractivity contribution in [2.24, 2.45) is 5.41 Å². The zero-order valence-electron chi connectivity index (χ0n) is 42.0. The number of allylic oxidation sites excluding steroid dienone is 1. The first-order valence-electron chi connectivity index (χ1n) is 25.6. The molecular weight excluding hydrogens is 846 g/mol. The van der Waals surface area contributed by atoms with Crippen molar-refractivity contribution in [2.45, 2.75) is 87.5 Å². The third-order valence-electron chi connectivity index (χ3n) is 17.0. The molecule has 0 N–H and O–H groups in total. The van der Waals surface area contributed by atoms with Crippen LogP contribution in [0.25, 0.3) is 110 Å². The number of benzene rings is 9. The van der Waals surface area contributed by atoms with Gasteiger partial charge in [0, 0.05) is 66.0 Å². The highest BCUT2D eigenvalue weighted by atomic mass is 15.0. The summed E-state index contributed by atoms with van der Waals surface area (Å²) in [6, 6.07) is 50.7. The highest BCUT2D eigenvalue weighted by Crippen LogP contribution is 2.48. The Morgan fingerprint density at radius 2 is 1.04 bits per heavy atom. The average Bonchev–Trinajstić information content (AvgIpc) is 3.95. The molecule has 5 heterocycles. The summed E-state index contributed by atoms with van der Waals surface area (Å²) in [5.74, 6) is 0. The van der Waals surface area contributed by atoms with Crippen molar-refractivity contribution in [3.63, 3.8) is 0 Å². The molecule has 0 unspecified atom stereocenters. The Kier molecular flexibility index (Phi) is 7.72. The Hall–Kier alpha value is -7.30. The fourth-order valence-corrected chi connectivity index (χ4v) is 13.8. The van der Waals surface area contributed by atoms with Crippen molar-refractivity contribution in [1.82, 2.24) is 13.7 Å². The quantitative estimate of drug-likeness (QED) is 0.115. The number of aryl methyl sites for hydroxylation is 4. The molecule has 0 fully saturated rings. The lowest BCUT2D eigenvalue weighted by molar-refractivity contribution is 0.483. The van der Waals surface area contributed by atoms with Gasteiger partial charge in [0.25, 0.3) is 6.71 Å². The first-order chi connectivity index (χ1) is 33.6. The Balaban J connectivity index is 1.12. The summed E-state index contributed by atoms with van der Waals surface area (Å²) in [4.78, 5) is 0. The molecule has 0 saturated heterocycles. The van der Waals surface area contributed by atoms with Crippen molar-refractivity contribution < 1.29 is 0 Å². The molecule has 0 saturated carbocycles. The fraction of sp³-hybridized carbons (Fsp3) is 0.212. The highest BCUT2D eigenvalue weighted by Gasteiger charge is 2.42. The molecule has 15 rings (SSSR count). The first-order valence-corrected chi connectivity index (χ1v) is 25.6. The molecule has 12 aromatic rings. The number of aromatic nitrogens is 3. The molecule has 4 heteroatoms. The summed E-state index contributed by atoms with van der Waals surface area (Å²) in [6.07, 6.45) is 4.63. The van der Waals surface area contributed by atoms with Gasteiger partial charge in [-0.1, -0.05) is 136 Å². The van der Waals surface area contributed by atoms with Gasteiger partial charge in [0.2, 0.25) is 0 Å². The molecule has 3 aromatic heterocycles. The summed E-state index contributed by atoms with van der Waals surface area (Å²) < 4.78 is 7.96. The van der Waals surface area contributed by atoms with E-state index >= 15 is 0 Å². The molecule has 3 aliphatic rings. The Bertz CT molecular complexity index is 4470. The van der Waals surface area contributed by atoms with Gasteiger partial charge < -0.3 is 13.7 Å². The molecule has 0 bridgehead atoms. The predicted octanol–water partition coefficient (Wildman–Crippen LogP) is 15.3. The van der Waals surface area contributed by atoms with Gasteiger partial charge >= 0.3 is 0 Å². The molecule has 2 aliphatic heterocycles. The average molecular weight is 902 g/mol. The third-order valence-corrected chi connectivity index (χ3v) is 17.0. The highest BCUT2D eigenvalue weighted by molar-refractivity contribution is 7.00. The molecule has 0 spiro atoms. The second kappa shape index (κ2) is 13.3. The largest absolute Gasteiger partial charge is 0.313 e. The minimum atomic E-state index is 0.0488. The molecular formula is C66H56BN3. The standard InChI is InChI=1S/C66H56BN3/c1-35-15-21-57-46(25-35)51-27-37(3)29-53-62(51)69(57)59-34-50-43-20-19-41(68-55-23-17-39(65(5,6)7)31-48(55)49-32-40(66(8,9)10)18-24-56(49)68)33-45(43)42-13-11-12-14-44(42)60(50)64-61(59)67(53)54-30-38(4)28-52-47-26-36(2)16-22-58(47)70(64)63(52)54/h11-17,19-23,25-34H,18,24H2,1-10H3. The monoisotopic (exact) mass is 901 g/mol.